The summed E-state index contributed by atoms with van der Waals surface area (Å²) in [6.45, 7) is 0.320. The molecule has 2 aromatic rings. The third kappa shape index (κ3) is 6.29. The number of amides is 4. The average Bonchev–Trinajstić information content (AvgIpc) is 3.21. The molecule has 1 aliphatic heterocycles. The summed E-state index contributed by atoms with van der Waals surface area (Å²) in [4.78, 5) is 49.5. The summed E-state index contributed by atoms with van der Waals surface area (Å²) in [5.41, 5.74) is 5.47. The number of hydrogen-bond donors (Lipinski definition) is 3. The molecule has 1 aliphatic rings. The van der Waals surface area contributed by atoms with Crippen molar-refractivity contribution in [1.29, 1.82) is 0 Å². The van der Waals surface area contributed by atoms with Crippen molar-refractivity contribution in [3.63, 3.8) is 0 Å². The maximum Gasteiger partial charge on any atom is 0.257 e. The Labute approximate surface area is 182 Å². The van der Waals surface area contributed by atoms with Crippen LogP contribution in [0, 0.1) is 5.82 Å². The van der Waals surface area contributed by atoms with Gasteiger partial charge in [-0.25, -0.2) is 4.39 Å². The van der Waals surface area contributed by atoms with E-state index >= 15 is 0 Å². The van der Waals surface area contributed by atoms with E-state index in [1.807, 2.05) is 0 Å². The summed E-state index contributed by atoms with van der Waals surface area (Å²) in [7, 11) is 0. The maximum absolute atomic E-state index is 13.5. The van der Waals surface area contributed by atoms with Crippen LogP contribution in [0.1, 0.15) is 23.2 Å². The number of carbonyl (C=O) groups excluding carboxylic acids is 4. The van der Waals surface area contributed by atoms with E-state index in [2.05, 4.69) is 16.2 Å². The molecule has 3 N–H and O–H groups in total. The molecule has 0 saturated carbocycles. The van der Waals surface area contributed by atoms with Gasteiger partial charge in [-0.05, 0) is 42.8 Å². The van der Waals surface area contributed by atoms with E-state index in [1.165, 1.54) is 6.07 Å². The highest BCUT2D eigenvalue weighted by molar-refractivity contribution is 8.00. The average molecular weight is 444 g/mol. The zero-order chi connectivity index (χ0) is 22.2. The first-order valence-electron chi connectivity index (χ1n) is 9.57. The predicted molar refractivity (Wildman–Crippen MR) is 114 cm³/mol. The second kappa shape index (κ2) is 10.6. The van der Waals surface area contributed by atoms with Gasteiger partial charge in [0.1, 0.15) is 5.82 Å². The minimum Gasteiger partial charge on any atom is -0.343 e. The van der Waals surface area contributed by atoms with Gasteiger partial charge in [0.05, 0.1) is 12.3 Å². The fourth-order valence-electron chi connectivity index (χ4n) is 2.90. The minimum atomic E-state index is -0.614. The summed E-state index contributed by atoms with van der Waals surface area (Å²) >= 11 is 1.00. The molecule has 162 valence electrons. The molecule has 4 amide bonds. The van der Waals surface area contributed by atoms with Crippen molar-refractivity contribution in [3.05, 3.63) is 59.9 Å². The highest BCUT2D eigenvalue weighted by atomic mass is 32.2. The second-order valence-corrected chi connectivity index (χ2v) is 7.71. The molecule has 8 nitrogen and oxygen atoms in total. The molecule has 0 unspecified atom stereocenters. The molecule has 0 bridgehead atoms. The largest absolute Gasteiger partial charge is 0.343 e. The van der Waals surface area contributed by atoms with Crippen molar-refractivity contribution in [2.45, 2.75) is 17.7 Å². The van der Waals surface area contributed by atoms with Crippen LogP contribution < -0.4 is 21.1 Å². The molecule has 1 saturated heterocycles. The van der Waals surface area contributed by atoms with Gasteiger partial charge in [-0.3, -0.25) is 30.0 Å². The van der Waals surface area contributed by atoms with E-state index in [4.69, 9.17) is 0 Å². The molecule has 0 atom stereocenters. The molecule has 0 aliphatic carbocycles. The summed E-state index contributed by atoms with van der Waals surface area (Å²) in [6.07, 6.45) is 1.34. The number of rotatable bonds is 7. The lowest BCUT2D eigenvalue weighted by Crippen LogP contribution is -2.46. The smallest absolute Gasteiger partial charge is 0.257 e. The number of nitrogens with zero attached hydrogens (tertiary/aromatic N) is 1. The standard InChI is InChI=1S/C21H21FN4O4S/c22-16-4-1-2-5-17(16)31-13-19(28)25-24-18(27)12-23-21(30)14-7-9-15(10-8-14)26-11-3-6-20(26)29/h1-2,4-5,7-10H,3,6,11-13H2,(H,23,30)(H,24,27)(H,25,28). The van der Waals surface area contributed by atoms with E-state index in [1.54, 1.807) is 47.4 Å². The van der Waals surface area contributed by atoms with Gasteiger partial charge in [0.25, 0.3) is 11.8 Å². The van der Waals surface area contributed by atoms with E-state index in [0.717, 1.165) is 23.9 Å². The van der Waals surface area contributed by atoms with Gasteiger partial charge in [0, 0.05) is 29.1 Å². The molecule has 2 aromatic carbocycles. The topological polar surface area (TPSA) is 108 Å². The summed E-state index contributed by atoms with van der Waals surface area (Å²) in [6, 6.07) is 12.6. The molecule has 10 heteroatoms. The SMILES string of the molecule is O=C(CNC(=O)c1ccc(N2CCCC2=O)cc1)NNC(=O)CSc1ccccc1F. The van der Waals surface area contributed by atoms with Crippen LogP contribution in [-0.2, 0) is 14.4 Å². The van der Waals surface area contributed by atoms with Crippen LogP contribution in [0.4, 0.5) is 10.1 Å². The van der Waals surface area contributed by atoms with Crippen LogP contribution >= 0.6 is 11.8 Å². The Hall–Kier alpha value is -3.40. The van der Waals surface area contributed by atoms with Gasteiger partial charge in [-0.2, -0.15) is 0 Å². The highest BCUT2D eigenvalue weighted by Gasteiger charge is 2.21. The van der Waals surface area contributed by atoms with Gasteiger partial charge in [-0.1, -0.05) is 12.1 Å². The Kier molecular flexibility index (Phi) is 7.60. The molecule has 1 heterocycles. The number of nitrogens with one attached hydrogen (secondary N) is 3. The van der Waals surface area contributed by atoms with Crippen molar-refractivity contribution < 1.29 is 23.6 Å². The Bertz CT molecular complexity index is 984. The van der Waals surface area contributed by atoms with Crippen LogP contribution in [0.2, 0.25) is 0 Å². The maximum atomic E-state index is 13.5. The van der Waals surface area contributed by atoms with E-state index in [0.29, 0.717) is 23.4 Å². The van der Waals surface area contributed by atoms with Gasteiger partial charge in [0.2, 0.25) is 11.8 Å². The predicted octanol–water partition coefficient (Wildman–Crippen LogP) is 1.62. The zero-order valence-electron chi connectivity index (χ0n) is 16.5. The number of carbonyl (C=O) groups is 4. The number of hydrogen-bond acceptors (Lipinski definition) is 5. The molecular weight excluding hydrogens is 423 g/mol. The zero-order valence-corrected chi connectivity index (χ0v) is 17.3. The number of halogens is 1. The summed E-state index contributed by atoms with van der Waals surface area (Å²) < 4.78 is 13.5. The van der Waals surface area contributed by atoms with Crippen molar-refractivity contribution in [2.75, 3.05) is 23.7 Å². The highest BCUT2D eigenvalue weighted by Crippen LogP contribution is 2.22. The molecular formula is C21H21FN4O4S. The number of anilines is 1. The van der Waals surface area contributed by atoms with Gasteiger partial charge in [0.15, 0.2) is 0 Å². The number of benzene rings is 2. The Balaban J connectivity index is 1.38. The van der Waals surface area contributed by atoms with Gasteiger partial charge >= 0.3 is 0 Å². The third-order valence-electron chi connectivity index (χ3n) is 4.46. The fraction of sp³-hybridized carbons (Fsp3) is 0.238. The van der Waals surface area contributed by atoms with E-state index in [9.17, 15) is 23.6 Å². The van der Waals surface area contributed by atoms with Crippen LogP contribution in [0.25, 0.3) is 0 Å². The summed E-state index contributed by atoms with van der Waals surface area (Å²) in [5.74, 6) is -2.04. The van der Waals surface area contributed by atoms with Crippen molar-refractivity contribution in [3.8, 4) is 0 Å². The van der Waals surface area contributed by atoms with Gasteiger partial charge < -0.3 is 10.2 Å². The first kappa shape index (κ1) is 22.3. The minimum absolute atomic E-state index is 0.0585. The second-order valence-electron chi connectivity index (χ2n) is 6.69. The molecule has 0 aromatic heterocycles. The first-order valence-corrected chi connectivity index (χ1v) is 10.6. The van der Waals surface area contributed by atoms with Crippen molar-refractivity contribution in [2.24, 2.45) is 0 Å². The molecule has 0 radical (unpaired) electrons. The molecule has 31 heavy (non-hydrogen) atoms. The van der Waals surface area contributed by atoms with Crippen LogP contribution in [0.3, 0.4) is 0 Å². The normalized spacial score (nSPS) is 13.1. The number of hydrazine groups is 1. The lowest BCUT2D eigenvalue weighted by molar-refractivity contribution is -0.127. The Morgan fingerprint density at radius 1 is 1.00 bits per heavy atom. The molecule has 1 fully saturated rings. The van der Waals surface area contributed by atoms with Crippen LogP contribution in [-0.4, -0.2) is 42.5 Å². The lowest BCUT2D eigenvalue weighted by Gasteiger charge is -2.15. The Morgan fingerprint density at radius 3 is 2.39 bits per heavy atom. The van der Waals surface area contributed by atoms with Crippen LogP contribution in [0.15, 0.2) is 53.4 Å². The Morgan fingerprint density at radius 2 is 1.71 bits per heavy atom. The monoisotopic (exact) mass is 444 g/mol. The third-order valence-corrected chi connectivity index (χ3v) is 5.51. The van der Waals surface area contributed by atoms with E-state index in [-0.39, 0.29) is 18.2 Å². The summed E-state index contributed by atoms with van der Waals surface area (Å²) in [5, 5.41) is 2.45. The number of thioether (sulfide) groups is 1. The lowest BCUT2D eigenvalue weighted by atomic mass is 10.2. The first-order chi connectivity index (χ1) is 14.9. The fourth-order valence-corrected chi connectivity index (χ4v) is 3.64. The van der Waals surface area contributed by atoms with E-state index < -0.39 is 23.5 Å². The molecule has 0 spiro atoms. The van der Waals surface area contributed by atoms with Crippen molar-refractivity contribution in [1.82, 2.24) is 16.2 Å². The molecule has 3 rings (SSSR count). The van der Waals surface area contributed by atoms with Crippen molar-refractivity contribution >= 4 is 41.1 Å². The van der Waals surface area contributed by atoms with Crippen LogP contribution in [0.5, 0.6) is 0 Å². The van der Waals surface area contributed by atoms with Gasteiger partial charge in [-0.15, -0.1) is 11.8 Å². The quantitative estimate of drug-likeness (QED) is 0.444.